The lowest BCUT2D eigenvalue weighted by Gasteiger charge is -2.25. The van der Waals surface area contributed by atoms with E-state index in [-0.39, 0.29) is 5.54 Å². The van der Waals surface area contributed by atoms with Crippen LogP contribution < -0.4 is 11.1 Å². The van der Waals surface area contributed by atoms with Crippen molar-refractivity contribution in [2.75, 3.05) is 0 Å². The zero-order valence-electron chi connectivity index (χ0n) is 11.2. The van der Waals surface area contributed by atoms with Gasteiger partial charge in [0.2, 0.25) is 0 Å². The van der Waals surface area contributed by atoms with E-state index in [9.17, 15) is 9.90 Å². The van der Waals surface area contributed by atoms with Gasteiger partial charge in [-0.3, -0.25) is 4.79 Å². The van der Waals surface area contributed by atoms with Gasteiger partial charge in [-0.05, 0) is 32.8 Å². The summed E-state index contributed by atoms with van der Waals surface area (Å²) in [4.78, 5) is 11.7. The highest BCUT2D eigenvalue weighted by Crippen LogP contribution is 2.06. The zero-order chi connectivity index (χ0) is 13.8. The molecule has 1 aromatic rings. The van der Waals surface area contributed by atoms with E-state index >= 15 is 0 Å². The van der Waals surface area contributed by atoms with Crippen molar-refractivity contribution in [2.45, 2.75) is 44.9 Å². The zero-order valence-corrected chi connectivity index (χ0v) is 11.2. The van der Waals surface area contributed by atoms with E-state index in [1.807, 2.05) is 51.1 Å². The van der Waals surface area contributed by atoms with Crippen molar-refractivity contribution in [2.24, 2.45) is 5.73 Å². The summed E-state index contributed by atoms with van der Waals surface area (Å²) >= 11 is 0. The number of carbonyl (C=O) groups is 1. The Morgan fingerprint density at radius 3 is 2.39 bits per heavy atom. The summed E-state index contributed by atoms with van der Waals surface area (Å²) in [5, 5.41) is 12.6. The van der Waals surface area contributed by atoms with Crippen molar-refractivity contribution < 1.29 is 9.90 Å². The number of amides is 1. The lowest BCUT2D eigenvalue weighted by molar-refractivity contribution is -0.131. The molecule has 18 heavy (non-hydrogen) atoms. The largest absolute Gasteiger partial charge is 0.382 e. The number of nitrogens with one attached hydrogen (secondary N) is 1. The summed E-state index contributed by atoms with van der Waals surface area (Å²) in [6, 6.07) is 8.97. The molecule has 1 aromatic carbocycles. The number of rotatable bonds is 4. The summed E-state index contributed by atoms with van der Waals surface area (Å²) in [7, 11) is 0. The number of nitrogens with two attached hydrogens (primary N) is 1. The van der Waals surface area contributed by atoms with Crippen molar-refractivity contribution in [1.29, 1.82) is 0 Å². The molecule has 0 aliphatic rings. The third-order valence-electron chi connectivity index (χ3n) is 2.49. The molecule has 0 fully saturated rings. The first-order valence-corrected chi connectivity index (χ1v) is 6.09. The fourth-order valence-electron chi connectivity index (χ4n) is 1.64. The first-order valence-electron chi connectivity index (χ1n) is 6.09. The maximum Gasteiger partial charge on any atom is 0.250 e. The monoisotopic (exact) mass is 250 g/mol. The fraction of sp³-hybridized carbons (Fsp3) is 0.500. The smallest absolute Gasteiger partial charge is 0.250 e. The normalized spacial score (nSPS) is 14.9. The lowest BCUT2D eigenvalue weighted by Crippen LogP contribution is -2.52. The Morgan fingerprint density at radius 2 is 1.89 bits per heavy atom. The van der Waals surface area contributed by atoms with Gasteiger partial charge in [0.1, 0.15) is 6.10 Å². The van der Waals surface area contributed by atoms with Crippen LogP contribution in [0.3, 0.4) is 0 Å². The quantitative estimate of drug-likeness (QED) is 0.741. The summed E-state index contributed by atoms with van der Waals surface area (Å²) in [5.41, 5.74) is 6.49. The Balaban J connectivity index is 2.56. The summed E-state index contributed by atoms with van der Waals surface area (Å²) < 4.78 is 0. The molecule has 0 aromatic heterocycles. The van der Waals surface area contributed by atoms with Crippen LogP contribution in [0.15, 0.2) is 30.3 Å². The van der Waals surface area contributed by atoms with Crippen molar-refractivity contribution in [3.8, 4) is 0 Å². The number of hydrogen-bond donors (Lipinski definition) is 3. The predicted molar refractivity (Wildman–Crippen MR) is 72.0 cm³/mol. The van der Waals surface area contributed by atoms with Gasteiger partial charge in [0.05, 0.1) is 0 Å². The van der Waals surface area contributed by atoms with Crippen molar-refractivity contribution in [1.82, 2.24) is 5.32 Å². The number of carbonyl (C=O) groups excluding carboxylic acids is 1. The van der Waals surface area contributed by atoms with E-state index in [4.69, 9.17) is 5.73 Å². The minimum atomic E-state index is -1.19. The van der Waals surface area contributed by atoms with Crippen LogP contribution in [0.1, 0.15) is 26.3 Å². The first-order chi connectivity index (χ1) is 8.29. The molecule has 0 heterocycles. The van der Waals surface area contributed by atoms with Gasteiger partial charge >= 0.3 is 0 Å². The van der Waals surface area contributed by atoms with Crippen LogP contribution in [-0.2, 0) is 11.2 Å². The summed E-state index contributed by atoms with van der Waals surface area (Å²) in [6.07, 6.45) is -0.719. The second kappa shape index (κ2) is 5.98. The molecule has 4 N–H and O–H groups in total. The maximum absolute atomic E-state index is 11.7. The third kappa shape index (κ3) is 4.85. The Morgan fingerprint density at radius 1 is 1.33 bits per heavy atom. The minimum absolute atomic E-state index is 0.371. The van der Waals surface area contributed by atoms with E-state index in [1.165, 1.54) is 0 Å². The molecule has 4 nitrogen and oxygen atoms in total. The van der Waals surface area contributed by atoms with Crippen molar-refractivity contribution in [3.63, 3.8) is 0 Å². The minimum Gasteiger partial charge on any atom is -0.382 e. The van der Waals surface area contributed by atoms with Gasteiger partial charge in [-0.25, -0.2) is 0 Å². The molecule has 2 atom stereocenters. The topological polar surface area (TPSA) is 75.3 Å². The van der Waals surface area contributed by atoms with Gasteiger partial charge in [-0.1, -0.05) is 30.3 Å². The Bertz CT molecular complexity index is 385. The van der Waals surface area contributed by atoms with Crippen LogP contribution in [0.4, 0.5) is 0 Å². The number of benzene rings is 1. The molecule has 4 heteroatoms. The number of aliphatic hydroxyl groups excluding tert-OH is 1. The fourth-order valence-corrected chi connectivity index (χ4v) is 1.64. The second-order valence-electron chi connectivity index (χ2n) is 5.54. The molecule has 0 bridgehead atoms. The van der Waals surface area contributed by atoms with Gasteiger partial charge in [0.25, 0.3) is 5.91 Å². The average Bonchev–Trinajstić information content (AvgIpc) is 2.27. The Labute approximate surface area is 108 Å². The van der Waals surface area contributed by atoms with Crippen LogP contribution in [0, 0.1) is 0 Å². The molecule has 0 radical (unpaired) electrons. The molecule has 0 aliphatic heterocycles. The van der Waals surface area contributed by atoms with Gasteiger partial charge in [0, 0.05) is 11.6 Å². The molecule has 1 rings (SSSR count). The SMILES string of the molecule is CC(C)(C)NC(=O)C(O)C(N)Cc1ccccc1. The van der Waals surface area contributed by atoms with Crippen LogP contribution in [0.25, 0.3) is 0 Å². The van der Waals surface area contributed by atoms with Gasteiger partial charge in [-0.15, -0.1) is 0 Å². The molecule has 0 aliphatic carbocycles. The van der Waals surface area contributed by atoms with E-state index in [2.05, 4.69) is 5.32 Å². The molecule has 0 saturated carbocycles. The molecule has 1 amide bonds. The molecule has 100 valence electrons. The van der Waals surface area contributed by atoms with Crippen molar-refractivity contribution in [3.05, 3.63) is 35.9 Å². The molecular weight excluding hydrogens is 228 g/mol. The highest BCUT2D eigenvalue weighted by Gasteiger charge is 2.26. The van der Waals surface area contributed by atoms with Crippen LogP contribution in [0.2, 0.25) is 0 Å². The first kappa shape index (κ1) is 14.7. The van der Waals surface area contributed by atoms with E-state index in [0.717, 1.165) is 5.56 Å². The molecular formula is C14H22N2O2. The molecule has 2 unspecified atom stereocenters. The second-order valence-corrected chi connectivity index (χ2v) is 5.54. The Hall–Kier alpha value is -1.39. The highest BCUT2D eigenvalue weighted by molar-refractivity contribution is 5.81. The van der Waals surface area contributed by atoms with Crippen LogP contribution in [0.5, 0.6) is 0 Å². The number of hydrogen-bond acceptors (Lipinski definition) is 3. The highest BCUT2D eigenvalue weighted by atomic mass is 16.3. The predicted octanol–water partition coefficient (Wildman–Crippen LogP) is 0.832. The maximum atomic E-state index is 11.7. The van der Waals surface area contributed by atoms with Crippen LogP contribution >= 0.6 is 0 Å². The van der Waals surface area contributed by atoms with Crippen molar-refractivity contribution >= 4 is 5.91 Å². The van der Waals surface area contributed by atoms with Gasteiger partial charge < -0.3 is 16.2 Å². The number of aliphatic hydroxyl groups is 1. The van der Waals surface area contributed by atoms with E-state index < -0.39 is 18.1 Å². The van der Waals surface area contributed by atoms with E-state index in [1.54, 1.807) is 0 Å². The molecule has 0 saturated heterocycles. The standard InChI is InChI=1S/C14H22N2O2/c1-14(2,3)16-13(18)12(17)11(15)9-10-7-5-4-6-8-10/h4-8,11-12,17H,9,15H2,1-3H3,(H,16,18). The van der Waals surface area contributed by atoms with E-state index in [0.29, 0.717) is 6.42 Å². The Kier molecular flexibility index (Phi) is 4.87. The summed E-state index contributed by atoms with van der Waals surface area (Å²) in [5.74, 6) is -0.425. The lowest BCUT2D eigenvalue weighted by atomic mass is 10.0. The van der Waals surface area contributed by atoms with Gasteiger partial charge in [0.15, 0.2) is 0 Å². The van der Waals surface area contributed by atoms with Gasteiger partial charge in [-0.2, -0.15) is 0 Å². The van der Waals surface area contributed by atoms with Crippen LogP contribution in [-0.4, -0.2) is 28.7 Å². The summed E-state index contributed by atoms with van der Waals surface area (Å²) in [6.45, 7) is 5.58. The molecule has 0 spiro atoms. The third-order valence-corrected chi connectivity index (χ3v) is 2.49. The average molecular weight is 250 g/mol.